The lowest BCUT2D eigenvalue weighted by Gasteiger charge is -2.30. The van der Waals surface area contributed by atoms with Gasteiger partial charge in [0, 0.05) is 24.9 Å². The Balaban J connectivity index is 1.37. The first-order valence-electron chi connectivity index (χ1n) is 15.8. The molecule has 3 saturated heterocycles. The smallest absolute Gasteiger partial charge is 0.408 e. The minimum Gasteiger partial charge on any atom is -0.479 e. The summed E-state index contributed by atoms with van der Waals surface area (Å²) in [6.45, 7) is 7.37. The van der Waals surface area contributed by atoms with Crippen molar-refractivity contribution in [2.24, 2.45) is 11.8 Å². The molecule has 4 fully saturated rings. The van der Waals surface area contributed by atoms with E-state index in [0.29, 0.717) is 25.2 Å². The fourth-order valence-corrected chi connectivity index (χ4v) is 6.65. The second-order valence-corrected chi connectivity index (χ2v) is 13.6. The molecule has 1 saturated carbocycles. The van der Waals surface area contributed by atoms with Crippen LogP contribution in [0, 0.1) is 11.8 Å². The number of hydrazine groups is 3. The average molecular weight is 605 g/mol. The number of piperidine rings is 1. The maximum atomic E-state index is 14.2. The van der Waals surface area contributed by atoms with Gasteiger partial charge in [0.05, 0.1) is 12.2 Å². The summed E-state index contributed by atoms with van der Waals surface area (Å²) in [5.41, 5.74) is 7.82. The van der Waals surface area contributed by atoms with Gasteiger partial charge in [-0.2, -0.15) is 10.7 Å². The third-order valence-electron chi connectivity index (χ3n) is 9.12. The predicted molar refractivity (Wildman–Crippen MR) is 157 cm³/mol. The van der Waals surface area contributed by atoms with E-state index in [1.54, 1.807) is 20.8 Å². The molecule has 240 valence electrons. The van der Waals surface area contributed by atoms with Crippen LogP contribution >= 0.6 is 0 Å². The molecule has 2 unspecified atom stereocenters. The maximum Gasteiger partial charge on any atom is 0.408 e. The molecule has 0 aromatic rings. The van der Waals surface area contributed by atoms with Crippen LogP contribution in [0.2, 0.25) is 0 Å². The van der Waals surface area contributed by atoms with E-state index in [1.165, 1.54) is 4.90 Å². The maximum absolute atomic E-state index is 14.2. The molecule has 0 radical (unpaired) electrons. The van der Waals surface area contributed by atoms with Gasteiger partial charge in [0.2, 0.25) is 11.8 Å². The summed E-state index contributed by atoms with van der Waals surface area (Å²) in [6.07, 6.45) is 9.50. The molecule has 4 heterocycles. The van der Waals surface area contributed by atoms with E-state index in [1.807, 2.05) is 17.3 Å². The summed E-state index contributed by atoms with van der Waals surface area (Å²) in [7, 11) is 0. The van der Waals surface area contributed by atoms with Crippen LogP contribution in [-0.4, -0.2) is 94.1 Å². The van der Waals surface area contributed by atoms with Crippen LogP contribution in [0.1, 0.15) is 78.6 Å². The first kappa shape index (κ1) is 31.6. The van der Waals surface area contributed by atoms with Gasteiger partial charge in [-0.25, -0.2) is 20.4 Å². The van der Waals surface area contributed by atoms with Gasteiger partial charge >= 0.3 is 12.1 Å². The number of nitrogens with zero attached hydrogens (tertiary/aromatic N) is 2. The Hall–Kier alpha value is -2.78. The molecule has 3 amide bonds. The second-order valence-electron chi connectivity index (χ2n) is 13.6. The molecule has 5 rings (SSSR count). The normalized spacial score (nSPS) is 36.9. The van der Waals surface area contributed by atoms with Crippen molar-refractivity contribution in [2.75, 3.05) is 19.6 Å². The molecule has 1 aliphatic carbocycles. The van der Waals surface area contributed by atoms with Crippen molar-refractivity contribution in [3.63, 3.8) is 0 Å². The highest BCUT2D eigenvalue weighted by atomic mass is 16.6. The zero-order valence-corrected chi connectivity index (χ0v) is 25.5. The highest BCUT2D eigenvalue weighted by Crippen LogP contribution is 2.45. The van der Waals surface area contributed by atoms with E-state index >= 15 is 0 Å². The number of carboxylic acid groups (broad SMARTS) is 1. The SMILES string of the molecule is CC(C)(C)OC(=O)N[C@@H]1CCCCC/C=C\[C@@H]2C[C@]2(C(=O)O)NC(=O)[C@@H]2C[C@H](N3NNC(C4CCCNC4)N3)CN2C1=O. The van der Waals surface area contributed by atoms with Crippen LogP contribution < -0.4 is 32.3 Å². The van der Waals surface area contributed by atoms with Gasteiger partial charge in [-0.1, -0.05) is 25.0 Å². The lowest BCUT2D eigenvalue weighted by Crippen LogP contribution is -2.56. The molecular weight excluding hydrogens is 556 g/mol. The third-order valence-corrected chi connectivity index (χ3v) is 9.12. The van der Waals surface area contributed by atoms with Gasteiger partial charge in [0.15, 0.2) is 0 Å². The van der Waals surface area contributed by atoms with Crippen LogP contribution in [0.25, 0.3) is 0 Å². The third kappa shape index (κ3) is 7.48. The van der Waals surface area contributed by atoms with Gasteiger partial charge in [-0.15, -0.1) is 0 Å². The number of alkyl carbamates (subject to hydrolysis) is 1. The summed E-state index contributed by atoms with van der Waals surface area (Å²) in [5, 5.41) is 20.9. The van der Waals surface area contributed by atoms with Crippen LogP contribution in [0.4, 0.5) is 4.79 Å². The van der Waals surface area contributed by atoms with Crippen molar-refractivity contribution in [1.82, 2.24) is 42.4 Å². The van der Waals surface area contributed by atoms with Crippen LogP contribution in [0.5, 0.6) is 0 Å². The average Bonchev–Trinajstić information content (AvgIpc) is 3.28. The molecule has 0 aromatic heterocycles. The summed E-state index contributed by atoms with van der Waals surface area (Å²) in [4.78, 5) is 54.6. The first-order valence-corrected chi connectivity index (χ1v) is 15.8. The van der Waals surface area contributed by atoms with E-state index < -0.39 is 41.2 Å². The fourth-order valence-electron chi connectivity index (χ4n) is 6.65. The summed E-state index contributed by atoms with van der Waals surface area (Å²) in [5.74, 6) is -1.88. The number of rotatable bonds is 4. The Morgan fingerprint density at radius 1 is 1.14 bits per heavy atom. The molecule has 5 aliphatic rings. The molecule has 0 spiro atoms. The zero-order chi connectivity index (χ0) is 30.8. The van der Waals surface area contributed by atoms with Crippen molar-refractivity contribution in [3.8, 4) is 0 Å². The Morgan fingerprint density at radius 2 is 1.95 bits per heavy atom. The van der Waals surface area contributed by atoms with E-state index in [-0.39, 0.29) is 37.0 Å². The topological polar surface area (TPSA) is 176 Å². The molecule has 0 aromatic carbocycles. The fraction of sp³-hybridized carbons (Fsp3) is 0.793. The zero-order valence-electron chi connectivity index (χ0n) is 25.5. The highest BCUT2D eigenvalue weighted by Gasteiger charge is 2.61. The van der Waals surface area contributed by atoms with Crippen LogP contribution in [0.15, 0.2) is 12.2 Å². The van der Waals surface area contributed by atoms with Gasteiger partial charge < -0.3 is 30.7 Å². The van der Waals surface area contributed by atoms with Crippen molar-refractivity contribution < 1.29 is 29.0 Å². The van der Waals surface area contributed by atoms with E-state index in [4.69, 9.17) is 4.74 Å². The summed E-state index contributed by atoms with van der Waals surface area (Å²) >= 11 is 0. The number of allylic oxidation sites excluding steroid dienone is 1. The first-order chi connectivity index (χ1) is 20.5. The lowest BCUT2D eigenvalue weighted by atomic mass is 9.97. The number of nitrogens with one attached hydrogen (secondary N) is 6. The molecule has 7 atom stereocenters. The van der Waals surface area contributed by atoms with Crippen molar-refractivity contribution in [1.29, 1.82) is 0 Å². The summed E-state index contributed by atoms with van der Waals surface area (Å²) < 4.78 is 5.46. The second kappa shape index (κ2) is 13.1. The van der Waals surface area contributed by atoms with E-state index in [9.17, 15) is 24.3 Å². The molecule has 0 bridgehead atoms. The quantitative estimate of drug-likeness (QED) is 0.222. The highest BCUT2D eigenvalue weighted by molar-refractivity contribution is 5.96. The molecular formula is C29H48N8O6. The molecule has 7 N–H and O–H groups in total. The number of carbonyl (C=O) groups excluding carboxylic acids is 3. The molecule has 43 heavy (non-hydrogen) atoms. The number of hydrogen-bond donors (Lipinski definition) is 7. The van der Waals surface area contributed by atoms with Gasteiger partial charge in [0.1, 0.15) is 23.2 Å². The van der Waals surface area contributed by atoms with Crippen molar-refractivity contribution in [3.05, 3.63) is 12.2 Å². The minimum atomic E-state index is -1.38. The minimum absolute atomic E-state index is 0.0220. The van der Waals surface area contributed by atoms with Crippen molar-refractivity contribution in [2.45, 2.75) is 114 Å². The predicted octanol–water partition coefficient (Wildman–Crippen LogP) is 0.484. The van der Waals surface area contributed by atoms with E-state index in [0.717, 1.165) is 45.2 Å². The number of carbonyl (C=O) groups is 4. The Morgan fingerprint density at radius 3 is 2.67 bits per heavy atom. The van der Waals surface area contributed by atoms with E-state index in [2.05, 4.69) is 32.3 Å². The monoisotopic (exact) mass is 604 g/mol. The van der Waals surface area contributed by atoms with Crippen molar-refractivity contribution >= 4 is 23.9 Å². The number of carboxylic acids is 1. The van der Waals surface area contributed by atoms with Gasteiger partial charge in [-0.3, -0.25) is 9.59 Å². The van der Waals surface area contributed by atoms with Gasteiger partial charge in [0.25, 0.3) is 0 Å². The molecule has 14 heteroatoms. The Kier molecular flexibility index (Phi) is 9.61. The number of amides is 3. The molecule has 14 nitrogen and oxygen atoms in total. The van der Waals surface area contributed by atoms with Gasteiger partial charge in [-0.05, 0) is 72.3 Å². The lowest BCUT2D eigenvalue weighted by molar-refractivity contribution is -0.145. The number of hydrogen-bond acceptors (Lipinski definition) is 10. The Labute approximate surface area is 253 Å². The Bertz CT molecular complexity index is 1090. The number of fused-ring (bicyclic) bond motifs is 2. The van der Waals surface area contributed by atoms with Crippen LogP contribution in [-0.2, 0) is 19.1 Å². The number of aliphatic carboxylic acids is 1. The number of ether oxygens (including phenoxy) is 1. The van der Waals surface area contributed by atoms with Crippen LogP contribution in [0.3, 0.4) is 0 Å². The largest absolute Gasteiger partial charge is 0.479 e. The standard InChI is InChI=1S/C29H48N8O6/c1-28(2,3)43-27(42)31-21-12-8-6-4-5-7-11-19-15-29(19,26(40)41)32-24(38)22-14-20(17-36(22)25(21)39)37-34-23(33-35-37)18-10-9-13-30-16-18/h7,11,18-23,30,33-35H,4-6,8-10,12-17H2,1-3H3,(H,31,42)(H,32,38)(H,40,41)/b11-7-/t18?,19-,20+,21-,22+,23?,29+/m1/s1. The molecule has 4 aliphatic heterocycles. The summed E-state index contributed by atoms with van der Waals surface area (Å²) in [6, 6.07) is -2.08.